The smallest absolute Gasteiger partial charge is 0.233 e. The van der Waals surface area contributed by atoms with Crippen LogP contribution in [0.4, 0.5) is 0 Å². The van der Waals surface area contributed by atoms with E-state index in [2.05, 4.69) is 15.1 Å². The average Bonchev–Trinajstić information content (AvgIpc) is 2.67. The molecule has 1 aliphatic rings. The van der Waals surface area contributed by atoms with Crippen molar-refractivity contribution in [3.05, 3.63) is 36.4 Å². The number of benzene rings is 1. The molecule has 1 aliphatic heterocycles. The van der Waals surface area contributed by atoms with Crippen molar-refractivity contribution in [1.29, 1.82) is 0 Å². The molecule has 0 atom stereocenters. The normalized spacial score (nSPS) is 15.2. The molecule has 0 bridgehead atoms. The molecule has 1 saturated heterocycles. The maximum absolute atomic E-state index is 5.84. The van der Waals surface area contributed by atoms with Gasteiger partial charge in [-0.25, -0.2) is 0 Å². The Morgan fingerprint density at radius 2 is 1.75 bits per heavy atom. The SMILES string of the molecule is COc1ccc(-c2ccc(OCCCN3CCCCC3)cc2)nn1. The molecule has 1 aromatic heterocycles. The Morgan fingerprint density at radius 1 is 0.958 bits per heavy atom. The molecular weight excluding hydrogens is 302 g/mol. The molecule has 3 rings (SSSR count). The van der Waals surface area contributed by atoms with E-state index in [0.717, 1.165) is 36.6 Å². The van der Waals surface area contributed by atoms with Crippen LogP contribution in [0.25, 0.3) is 11.3 Å². The van der Waals surface area contributed by atoms with Gasteiger partial charge in [0, 0.05) is 18.2 Å². The van der Waals surface area contributed by atoms with Gasteiger partial charge in [-0.05, 0) is 62.7 Å². The standard InChI is InChI=1S/C19H25N3O2/c1-23-19-11-10-18(20-21-19)16-6-8-17(9-7-16)24-15-5-14-22-12-3-2-4-13-22/h6-11H,2-5,12-15H2,1H3. The van der Waals surface area contributed by atoms with Crippen molar-refractivity contribution in [3.8, 4) is 22.9 Å². The van der Waals surface area contributed by atoms with Crippen LogP contribution in [0.1, 0.15) is 25.7 Å². The zero-order valence-electron chi connectivity index (χ0n) is 14.3. The molecule has 5 heteroatoms. The predicted molar refractivity (Wildman–Crippen MR) is 94.4 cm³/mol. The van der Waals surface area contributed by atoms with E-state index < -0.39 is 0 Å². The van der Waals surface area contributed by atoms with Crippen LogP contribution in [0.15, 0.2) is 36.4 Å². The van der Waals surface area contributed by atoms with E-state index in [0.29, 0.717) is 5.88 Å². The monoisotopic (exact) mass is 327 g/mol. The first-order valence-electron chi connectivity index (χ1n) is 8.68. The van der Waals surface area contributed by atoms with Crippen molar-refractivity contribution >= 4 is 0 Å². The summed E-state index contributed by atoms with van der Waals surface area (Å²) >= 11 is 0. The zero-order chi connectivity index (χ0) is 16.6. The number of rotatable bonds is 7. The number of nitrogens with zero attached hydrogens (tertiary/aromatic N) is 3. The largest absolute Gasteiger partial charge is 0.494 e. The summed E-state index contributed by atoms with van der Waals surface area (Å²) in [5, 5.41) is 8.15. The van der Waals surface area contributed by atoms with E-state index in [1.165, 1.54) is 32.4 Å². The summed E-state index contributed by atoms with van der Waals surface area (Å²) < 4.78 is 10.9. The van der Waals surface area contributed by atoms with Crippen molar-refractivity contribution in [1.82, 2.24) is 15.1 Å². The van der Waals surface area contributed by atoms with Crippen LogP contribution in [0.5, 0.6) is 11.6 Å². The fourth-order valence-corrected chi connectivity index (χ4v) is 2.97. The van der Waals surface area contributed by atoms with Crippen molar-refractivity contribution in [2.75, 3.05) is 33.4 Å². The second-order valence-electron chi connectivity index (χ2n) is 6.09. The van der Waals surface area contributed by atoms with Gasteiger partial charge in [-0.3, -0.25) is 0 Å². The van der Waals surface area contributed by atoms with E-state index in [-0.39, 0.29) is 0 Å². The lowest BCUT2D eigenvalue weighted by Gasteiger charge is -2.26. The number of aromatic nitrogens is 2. The molecule has 1 aromatic carbocycles. The van der Waals surface area contributed by atoms with Crippen LogP contribution in [0.3, 0.4) is 0 Å². The number of ether oxygens (including phenoxy) is 2. The lowest BCUT2D eigenvalue weighted by molar-refractivity contribution is 0.205. The summed E-state index contributed by atoms with van der Waals surface area (Å²) in [4.78, 5) is 2.54. The van der Waals surface area contributed by atoms with Crippen LogP contribution in [-0.4, -0.2) is 48.4 Å². The molecule has 0 saturated carbocycles. The maximum Gasteiger partial charge on any atom is 0.233 e. The Bertz CT molecular complexity index is 608. The van der Waals surface area contributed by atoms with Crippen LogP contribution in [-0.2, 0) is 0 Å². The number of hydrogen-bond donors (Lipinski definition) is 0. The first-order valence-corrected chi connectivity index (χ1v) is 8.68. The Labute approximate surface area is 143 Å². The molecule has 5 nitrogen and oxygen atoms in total. The first kappa shape index (κ1) is 16.7. The molecule has 24 heavy (non-hydrogen) atoms. The Morgan fingerprint density at radius 3 is 2.42 bits per heavy atom. The van der Waals surface area contributed by atoms with Crippen LogP contribution in [0.2, 0.25) is 0 Å². The van der Waals surface area contributed by atoms with Gasteiger partial charge in [0.05, 0.1) is 19.4 Å². The molecule has 0 N–H and O–H groups in total. The van der Waals surface area contributed by atoms with Crippen LogP contribution >= 0.6 is 0 Å². The second-order valence-corrected chi connectivity index (χ2v) is 6.09. The van der Waals surface area contributed by atoms with Crippen molar-refractivity contribution in [2.24, 2.45) is 0 Å². The molecule has 2 aromatic rings. The first-order chi connectivity index (χ1) is 11.8. The highest BCUT2D eigenvalue weighted by molar-refractivity contribution is 5.59. The predicted octanol–water partition coefficient (Wildman–Crippen LogP) is 3.41. The third-order valence-electron chi connectivity index (χ3n) is 4.34. The van der Waals surface area contributed by atoms with Crippen LogP contribution < -0.4 is 9.47 Å². The lowest BCUT2D eigenvalue weighted by Crippen LogP contribution is -2.31. The Kier molecular flexibility index (Phi) is 6.01. The van der Waals surface area contributed by atoms with Crippen molar-refractivity contribution in [3.63, 3.8) is 0 Å². The topological polar surface area (TPSA) is 47.5 Å². The minimum atomic E-state index is 0.521. The molecule has 0 radical (unpaired) electrons. The van der Waals surface area contributed by atoms with E-state index in [4.69, 9.17) is 9.47 Å². The van der Waals surface area contributed by atoms with Crippen LogP contribution in [0, 0.1) is 0 Å². The second kappa shape index (κ2) is 8.64. The van der Waals surface area contributed by atoms with Gasteiger partial charge in [-0.15, -0.1) is 10.2 Å². The number of hydrogen-bond acceptors (Lipinski definition) is 5. The number of piperidine rings is 1. The van der Waals surface area contributed by atoms with E-state index >= 15 is 0 Å². The van der Waals surface area contributed by atoms with Crippen molar-refractivity contribution < 1.29 is 9.47 Å². The highest BCUT2D eigenvalue weighted by atomic mass is 16.5. The third kappa shape index (κ3) is 4.68. The van der Waals surface area contributed by atoms with Gasteiger partial charge in [0.25, 0.3) is 0 Å². The number of likely N-dealkylation sites (tertiary alicyclic amines) is 1. The lowest BCUT2D eigenvalue weighted by atomic mass is 10.1. The highest BCUT2D eigenvalue weighted by Gasteiger charge is 2.09. The van der Waals surface area contributed by atoms with Gasteiger partial charge in [0.15, 0.2) is 0 Å². The fourth-order valence-electron chi connectivity index (χ4n) is 2.97. The molecule has 0 aliphatic carbocycles. The van der Waals surface area contributed by atoms with Gasteiger partial charge >= 0.3 is 0 Å². The molecule has 0 unspecified atom stereocenters. The summed E-state index contributed by atoms with van der Waals surface area (Å²) in [6.45, 7) is 4.40. The molecule has 0 spiro atoms. The summed E-state index contributed by atoms with van der Waals surface area (Å²) in [6.07, 6.45) is 5.15. The Balaban J connectivity index is 1.45. The van der Waals surface area contributed by atoms with Gasteiger partial charge in [-0.1, -0.05) is 6.42 Å². The summed E-state index contributed by atoms with van der Waals surface area (Å²) in [6, 6.07) is 11.7. The van der Waals surface area contributed by atoms with E-state index in [9.17, 15) is 0 Å². The Hall–Kier alpha value is -2.14. The average molecular weight is 327 g/mol. The summed E-state index contributed by atoms with van der Waals surface area (Å²) in [5.74, 6) is 1.42. The minimum Gasteiger partial charge on any atom is -0.494 e. The highest BCUT2D eigenvalue weighted by Crippen LogP contribution is 2.21. The summed E-state index contributed by atoms with van der Waals surface area (Å²) in [7, 11) is 1.58. The van der Waals surface area contributed by atoms with E-state index in [1.54, 1.807) is 7.11 Å². The van der Waals surface area contributed by atoms with E-state index in [1.807, 2.05) is 36.4 Å². The van der Waals surface area contributed by atoms with Gasteiger partial charge in [-0.2, -0.15) is 0 Å². The quantitative estimate of drug-likeness (QED) is 0.729. The van der Waals surface area contributed by atoms with Gasteiger partial charge in [0.2, 0.25) is 5.88 Å². The molecule has 0 amide bonds. The molecular formula is C19H25N3O2. The van der Waals surface area contributed by atoms with Gasteiger partial charge < -0.3 is 14.4 Å². The summed E-state index contributed by atoms with van der Waals surface area (Å²) in [5.41, 5.74) is 1.85. The minimum absolute atomic E-state index is 0.521. The fraction of sp³-hybridized carbons (Fsp3) is 0.474. The van der Waals surface area contributed by atoms with Crippen molar-refractivity contribution in [2.45, 2.75) is 25.7 Å². The number of methoxy groups -OCH3 is 1. The molecule has 1 fully saturated rings. The maximum atomic E-state index is 5.84. The zero-order valence-corrected chi connectivity index (χ0v) is 14.3. The van der Waals surface area contributed by atoms with Gasteiger partial charge in [0.1, 0.15) is 5.75 Å². The third-order valence-corrected chi connectivity index (χ3v) is 4.34. The molecule has 128 valence electrons. The molecule has 2 heterocycles.